The van der Waals surface area contributed by atoms with Crippen LogP contribution >= 0.6 is 0 Å². The second-order valence-corrected chi connectivity index (χ2v) is 7.97. The molecule has 2 rings (SSSR count). The molecule has 4 amide bonds. The number of likely N-dealkylation sites (tertiary alicyclic amines) is 1. The van der Waals surface area contributed by atoms with Gasteiger partial charge >= 0.3 is 5.97 Å². The van der Waals surface area contributed by atoms with E-state index in [1.54, 1.807) is 12.1 Å². The molecule has 4 atom stereocenters. The van der Waals surface area contributed by atoms with Crippen molar-refractivity contribution in [1.82, 2.24) is 15.5 Å². The number of hydrogen-bond acceptors (Lipinski definition) is 7. The lowest BCUT2D eigenvalue weighted by atomic mass is 10.0. The minimum atomic E-state index is -1.52. The highest BCUT2D eigenvalue weighted by molar-refractivity contribution is 5.95. The van der Waals surface area contributed by atoms with Crippen LogP contribution < -0.4 is 22.1 Å². The molecule has 180 valence electrons. The first-order valence-electron chi connectivity index (χ1n) is 10.5. The zero-order chi connectivity index (χ0) is 24.7. The van der Waals surface area contributed by atoms with E-state index in [1.165, 1.54) is 24.0 Å². The second kappa shape index (κ2) is 11.3. The minimum Gasteiger partial charge on any atom is -0.508 e. The summed E-state index contributed by atoms with van der Waals surface area (Å²) in [6.07, 6.45) is 0.595. The molecular formula is C21H29N5O7. The summed E-state index contributed by atoms with van der Waals surface area (Å²) in [5, 5.41) is 23.1. The van der Waals surface area contributed by atoms with E-state index in [1.807, 2.05) is 0 Å². The van der Waals surface area contributed by atoms with Crippen LogP contribution in [0.15, 0.2) is 24.3 Å². The number of primary amides is 1. The van der Waals surface area contributed by atoms with Crippen LogP contribution in [0.5, 0.6) is 5.75 Å². The van der Waals surface area contributed by atoms with Gasteiger partial charge in [-0.15, -0.1) is 0 Å². The van der Waals surface area contributed by atoms with Crippen LogP contribution in [0.1, 0.15) is 31.7 Å². The van der Waals surface area contributed by atoms with Gasteiger partial charge in [0.25, 0.3) is 0 Å². The van der Waals surface area contributed by atoms with Crippen LogP contribution in [-0.2, 0) is 30.4 Å². The Morgan fingerprint density at radius 3 is 2.36 bits per heavy atom. The monoisotopic (exact) mass is 463 g/mol. The normalized spacial score (nSPS) is 18.1. The van der Waals surface area contributed by atoms with Gasteiger partial charge in [0.1, 0.15) is 23.9 Å². The van der Waals surface area contributed by atoms with Crippen molar-refractivity contribution in [3.8, 4) is 5.75 Å². The van der Waals surface area contributed by atoms with Crippen LogP contribution in [-0.4, -0.2) is 75.4 Å². The Hall–Kier alpha value is -3.67. The number of aromatic hydroxyl groups is 1. The lowest BCUT2D eigenvalue weighted by Crippen LogP contribution is -2.56. The zero-order valence-corrected chi connectivity index (χ0v) is 18.2. The van der Waals surface area contributed by atoms with Crippen LogP contribution in [0.4, 0.5) is 0 Å². The van der Waals surface area contributed by atoms with Gasteiger partial charge in [0.05, 0.1) is 12.5 Å². The third kappa shape index (κ3) is 7.17. The average Bonchev–Trinajstić information content (AvgIpc) is 3.23. The third-order valence-corrected chi connectivity index (χ3v) is 5.32. The van der Waals surface area contributed by atoms with Gasteiger partial charge < -0.3 is 37.2 Å². The first kappa shape index (κ1) is 25.6. The average molecular weight is 463 g/mol. The summed E-state index contributed by atoms with van der Waals surface area (Å²) < 4.78 is 0. The van der Waals surface area contributed by atoms with Crippen LogP contribution in [0.2, 0.25) is 0 Å². The number of amides is 4. The molecule has 0 aliphatic carbocycles. The maximum Gasteiger partial charge on any atom is 0.326 e. The number of phenolic OH excluding ortho intramolecular Hbond substituents is 1. The Morgan fingerprint density at radius 1 is 1.15 bits per heavy atom. The fourth-order valence-electron chi connectivity index (χ4n) is 3.56. The van der Waals surface area contributed by atoms with Crippen molar-refractivity contribution >= 4 is 29.6 Å². The number of benzene rings is 1. The van der Waals surface area contributed by atoms with Gasteiger partial charge in [-0.1, -0.05) is 12.1 Å². The van der Waals surface area contributed by atoms with E-state index in [0.29, 0.717) is 19.4 Å². The second-order valence-electron chi connectivity index (χ2n) is 7.97. The van der Waals surface area contributed by atoms with Gasteiger partial charge in [-0.3, -0.25) is 19.2 Å². The molecule has 8 N–H and O–H groups in total. The first-order valence-corrected chi connectivity index (χ1v) is 10.5. The van der Waals surface area contributed by atoms with E-state index in [4.69, 9.17) is 16.6 Å². The SMILES string of the molecule is CC(NC(=O)C1CCCN1C(=O)C(N)Cc1ccc(O)cc1)C(=O)NC(CC(N)=O)C(=O)O. The van der Waals surface area contributed by atoms with E-state index < -0.39 is 60.2 Å². The summed E-state index contributed by atoms with van der Waals surface area (Å²) >= 11 is 0. The summed E-state index contributed by atoms with van der Waals surface area (Å²) in [5.74, 6) is -4.03. The number of carboxylic acids is 1. The number of nitrogens with one attached hydrogen (secondary N) is 2. The molecule has 1 aliphatic heterocycles. The highest BCUT2D eigenvalue weighted by Crippen LogP contribution is 2.20. The molecule has 1 aromatic rings. The number of rotatable bonds is 10. The molecule has 0 bridgehead atoms. The Kier molecular flexibility index (Phi) is 8.74. The topological polar surface area (TPSA) is 205 Å². The van der Waals surface area contributed by atoms with Crippen LogP contribution in [0, 0.1) is 0 Å². The van der Waals surface area contributed by atoms with Crippen molar-refractivity contribution < 1.29 is 34.2 Å². The summed E-state index contributed by atoms with van der Waals surface area (Å²) in [4.78, 5) is 61.4. The molecular weight excluding hydrogens is 434 g/mol. The Morgan fingerprint density at radius 2 is 1.79 bits per heavy atom. The lowest BCUT2D eigenvalue weighted by molar-refractivity contribution is -0.144. The van der Waals surface area contributed by atoms with Crippen molar-refractivity contribution in [2.24, 2.45) is 11.5 Å². The van der Waals surface area contributed by atoms with Crippen LogP contribution in [0.25, 0.3) is 0 Å². The molecule has 0 radical (unpaired) electrons. The minimum absolute atomic E-state index is 0.0948. The molecule has 12 heteroatoms. The third-order valence-electron chi connectivity index (χ3n) is 5.32. The standard InChI is InChI=1S/C21H29N5O7/c1-11(18(29)25-15(21(32)33)10-17(23)28)24-19(30)16-3-2-8-26(16)20(31)14(22)9-12-4-6-13(27)7-5-12/h4-7,11,14-16,27H,2-3,8-10,22H2,1H3,(H2,23,28)(H,24,30)(H,25,29)(H,32,33). The molecule has 1 aliphatic rings. The van der Waals surface area contributed by atoms with Crippen molar-refractivity contribution in [3.05, 3.63) is 29.8 Å². The summed E-state index contributed by atoms with van der Waals surface area (Å²) in [5.41, 5.74) is 11.8. The van der Waals surface area contributed by atoms with Crippen LogP contribution in [0.3, 0.4) is 0 Å². The number of aliphatic carboxylic acids is 1. The number of carbonyl (C=O) groups is 5. The van der Waals surface area contributed by atoms with Crippen molar-refractivity contribution in [2.75, 3.05) is 6.54 Å². The molecule has 1 aromatic carbocycles. The predicted octanol–water partition coefficient (Wildman–Crippen LogP) is -1.80. The highest BCUT2D eigenvalue weighted by Gasteiger charge is 2.37. The number of carboxylic acid groups (broad SMARTS) is 1. The quantitative estimate of drug-likeness (QED) is 0.233. The van der Waals surface area contributed by atoms with Gasteiger partial charge in [-0.25, -0.2) is 4.79 Å². The summed E-state index contributed by atoms with van der Waals surface area (Å²) in [6.45, 7) is 1.69. The van der Waals surface area contributed by atoms with Gasteiger partial charge in [0.2, 0.25) is 23.6 Å². The molecule has 33 heavy (non-hydrogen) atoms. The van der Waals surface area contributed by atoms with Gasteiger partial charge in [0, 0.05) is 6.54 Å². The van der Waals surface area contributed by atoms with E-state index in [-0.39, 0.29) is 12.2 Å². The van der Waals surface area contributed by atoms with Gasteiger partial charge in [-0.2, -0.15) is 0 Å². The highest BCUT2D eigenvalue weighted by atomic mass is 16.4. The fourth-order valence-corrected chi connectivity index (χ4v) is 3.56. The smallest absolute Gasteiger partial charge is 0.326 e. The molecule has 0 saturated carbocycles. The van der Waals surface area contributed by atoms with Gasteiger partial charge in [0.15, 0.2) is 0 Å². The number of hydrogen-bond donors (Lipinski definition) is 6. The number of carbonyl (C=O) groups excluding carboxylic acids is 4. The molecule has 1 heterocycles. The molecule has 0 spiro atoms. The molecule has 12 nitrogen and oxygen atoms in total. The molecule has 1 saturated heterocycles. The number of nitrogens with zero attached hydrogens (tertiary/aromatic N) is 1. The first-order chi connectivity index (χ1) is 15.5. The van der Waals surface area contributed by atoms with E-state index in [0.717, 1.165) is 5.56 Å². The number of nitrogens with two attached hydrogens (primary N) is 2. The maximum atomic E-state index is 12.9. The Bertz CT molecular complexity index is 905. The predicted molar refractivity (Wildman–Crippen MR) is 116 cm³/mol. The maximum absolute atomic E-state index is 12.9. The van der Waals surface area contributed by atoms with E-state index in [9.17, 15) is 29.1 Å². The zero-order valence-electron chi connectivity index (χ0n) is 18.2. The number of phenols is 1. The van der Waals surface area contributed by atoms with E-state index in [2.05, 4.69) is 10.6 Å². The largest absolute Gasteiger partial charge is 0.508 e. The summed E-state index contributed by atoms with van der Waals surface area (Å²) in [6, 6.07) is 1.94. The Balaban J connectivity index is 1.96. The Labute approximate surface area is 190 Å². The molecule has 1 fully saturated rings. The van der Waals surface area contributed by atoms with Gasteiger partial charge in [-0.05, 0) is 43.9 Å². The van der Waals surface area contributed by atoms with Crippen molar-refractivity contribution in [1.29, 1.82) is 0 Å². The van der Waals surface area contributed by atoms with Crippen molar-refractivity contribution in [3.63, 3.8) is 0 Å². The van der Waals surface area contributed by atoms with Crippen molar-refractivity contribution in [2.45, 2.75) is 56.8 Å². The molecule has 0 aromatic heterocycles. The summed E-state index contributed by atoms with van der Waals surface area (Å²) in [7, 11) is 0. The van der Waals surface area contributed by atoms with E-state index >= 15 is 0 Å². The fraction of sp³-hybridized carbons (Fsp3) is 0.476. The molecule has 4 unspecified atom stereocenters. The lowest BCUT2D eigenvalue weighted by Gasteiger charge is -2.28.